The predicted molar refractivity (Wildman–Crippen MR) is 133 cm³/mol. The van der Waals surface area contributed by atoms with Crippen molar-refractivity contribution in [1.82, 2.24) is 0 Å². The van der Waals surface area contributed by atoms with Gasteiger partial charge >= 0.3 is 0 Å². The van der Waals surface area contributed by atoms with Gasteiger partial charge in [0.05, 0.1) is 53.8 Å². The Hall–Kier alpha value is -4.60. The lowest BCUT2D eigenvalue weighted by Crippen LogP contribution is -1.97. The average Bonchev–Trinajstić information content (AvgIpc) is 2.93. The fourth-order valence-electron chi connectivity index (χ4n) is 2.84. The van der Waals surface area contributed by atoms with E-state index >= 15 is 0 Å². The normalized spacial score (nSPS) is 9.28. The van der Waals surface area contributed by atoms with Crippen LogP contribution in [-0.2, 0) is 0 Å². The summed E-state index contributed by atoms with van der Waals surface area (Å²) in [4.78, 5) is 20.9. The van der Waals surface area contributed by atoms with Gasteiger partial charge in [-0.25, -0.2) is 0 Å². The van der Waals surface area contributed by atoms with Crippen LogP contribution in [-0.4, -0.2) is 65.4 Å². The minimum absolute atomic E-state index is 0.0355. The smallest absolute Gasteiger partial charge is 0.204 e. The molecule has 0 aromatic heterocycles. The highest BCUT2D eigenvalue weighted by Gasteiger charge is 2.14. The van der Waals surface area contributed by atoms with Gasteiger partial charge in [-0.05, 0) is 36.4 Å². The van der Waals surface area contributed by atoms with Crippen LogP contribution < -0.4 is 28.4 Å². The minimum atomic E-state index is -0.454. The molecule has 0 amide bonds. The summed E-state index contributed by atoms with van der Waals surface area (Å²) in [6.45, 7) is 0. The maximum Gasteiger partial charge on any atom is 0.204 e. The average molecular weight is 503 g/mol. The van der Waals surface area contributed by atoms with E-state index in [0.717, 1.165) is 11.5 Å². The molecular formula is C26H30O10. The Morgan fingerprint density at radius 2 is 0.944 bits per heavy atom. The van der Waals surface area contributed by atoms with Crippen LogP contribution in [0.15, 0.2) is 48.5 Å². The highest BCUT2D eigenvalue weighted by molar-refractivity contribution is 5.82. The summed E-state index contributed by atoms with van der Waals surface area (Å²) in [7, 11) is 9.10. The third kappa shape index (κ3) is 7.45. The van der Waals surface area contributed by atoms with Crippen molar-refractivity contribution >= 4 is 12.6 Å². The second kappa shape index (κ2) is 15.3. The molecule has 0 radical (unpaired) electrons. The Morgan fingerprint density at radius 1 is 0.500 bits per heavy atom. The number of aldehydes is 2. The summed E-state index contributed by atoms with van der Waals surface area (Å²) in [5.41, 5.74) is 0.471. The fraction of sp³-hybridized carbons (Fsp3) is 0.231. The van der Waals surface area contributed by atoms with Gasteiger partial charge in [-0.3, -0.25) is 9.59 Å². The van der Waals surface area contributed by atoms with Gasteiger partial charge in [0, 0.05) is 0 Å². The molecular weight excluding hydrogens is 472 g/mol. The number of hydrogen-bond acceptors (Lipinski definition) is 10. The Morgan fingerprint density at radius 3 is 1.36 bits per heavy atom. The second-order valence-electron chi connectivity index (χ2n) is 6.57. The first-order chi connectivity index (χ1) is 17.4. The lowest BCUT2D eigenvalue weighted by molar-refractivity contribution is 0.111. The molecule has 0 atom stereocenters. The van der Waals surface area contributed by atoms with E-state index in [1.165, 1.54) is 40.6 Å². The van der Waals surface area contributed by atoms with Crippen molar-refractivity contribution in [3.63, 3.8) is 0 Å². The first-order valence-electron chi connectivity index (χ1n) is 10.3. The van der Waals surface area contributed by atoms with Gasteiger partial charge in [0.15, 0.2) is 47.1 Å². The molecule has 0 unspecified atom stereocenters. The van der Waals surface area contributed by atoms with E-state index in [4.69, 9.17) is 33.5 Å². The first-order valence-corrected chi connectivity index (χ1v) is 10.3. The number of benzene rings is 3. The zero-order valence-corrected chi connectivity index (χ0v) is 20.9. The van der Waals surface area contributed by atoms with E-state index < -0.39 is 11.5 Å². The van der Waals surface area contributed by atoms with Gasteiger partial charge in [0.2, 0.25) is 11.5 Å². The number of carbonyl (C=O) groups excluding carboxylic acids is 2. The maximum absolute atomic E-state index is 10.7. The molecule has 0 bridgehead atoms. The zero-order chi connectivity index (χ0) is 27.1. The number of rotatable bonds is 8. The highest BCUT2D eigenvalue weighted by atomic mass is 16.5. The number of aromatic hydroxyl groups is 2. The number of hydrogen-bond donors (Lipinski definition) is 2. The van der Waals surface area contributed by atoms with Crippen molar-refractivity contribution in [1.29, 1.82) is 0 Å². The summed E-state index contributed by atoms with van der Waals surface area (Å²) in [5, 5.41) is 18.3. The molecule has 0 spiro atoms. The number of ether oxygens (including phenoxy) is 6. The molecule has 10 heteroatoms. The van der Waals surface area contributed by atoms with Gasteiger partial charge in [-0.2, -0.15) is 0 Å². The molecule has 10 nitrogen and oxygen atoms in total. The molecule has 36 heavy (non-hydrogen) atoms. The van der Waals surface area contributed by atoms with Crippen LogP contribution >= 0.6 is 0 Å². The maximum atomic E-state index is 10.7. The van der Waals surface area contributed by atoms with Crippen molar-refractivity contribution in [3.8, 4) is 46.0 Å². The van der Waals surface area contributed by atoms with E-state index in [2.05, 4.69) is 0 Å². The van der Waals surface area contributed by atoms with Crippen molar-refractivity contribution in [2.75, 3.05) is 42.7 Å². The third-order valence-corrected chi connectivity index (χ3v) is 4.64. The van der Waals surface area contributed by atoms with Crippen molar-refractivity contribution in [2.24, 2.45) is 0 Å². The van der Waals surface area contributed by atoms with Gasteiger partial charge in [0.25, 0.3) is 0 Å². The molecule has 3 rings (SSSR count). The van der Waals surface area contributed by atoms with Crippen molar-refractivity contribution < 1.29 is 48.2 Å². The van der Waals surface area contributed by atoms with E-state index in [1.807, 2.05) is 24.3 Å². The molecule has 0 saturated heterocycles. The fourth-order valence-corrected chi connectivity index (χ4v) is 2.84. The first kappa shape index (κ1) is 29.4. The van der Waals surface area contributed by atoms with Crippen LogP contribution in [0, 0.1) is 0 Å². The summed E-state index contributed by atoms with van der Waals surface area (Å²) >= 11 is 0. The van der Waals surface area contributed by atoms with Crippen LogP contribution in [0.5, 0.6) is 46.0 Å². The summed E-state index contributed by atoms with van der Waals surface area (Å²) in [5.74, 6) is 2.16. The van der Waals surface area contributed by atoms with Crippen LogP contribution in [0.2, 0.25) is 0 Å². The van der Waals surface area contributed by atoms with Crippen molar-refractivity contribution in [3.05, 3.63) is 59.7 Å². The van der Waals surface area contributed by atoms with Crippen LogP contribution in [0.4, 0.5) is 0 Å². The third-order valence-electron chi connectivity index (χ3n) is 4.64. The topological polar surface area (TPSA) is 130 Å². The van der Waals surface area contributed by atoms with Crippen molar-refractivity contribution in [2.45, 2.75) is 0 Å². The standard InChI is InChI=1S/C10H12O4.C8H8O4.C8H10O2/c1-12-8-5-4-7(6-11)9(13-2)10(8)14-3;1-12-6-3-2-5(4-9)7(10)8(6)11;1-9-7-5-3-4-6-8(7)10-2/h4-6H,1-3H3;2-4,10-11H,1H3;3-6H,1-2H3. The summed E-state index contributed by atoms with van der Waals surface area (Å²) in [6, 6.07) is 13.6. The molecule has 0 aliphatic heterocycles. The Balaban J connectivity index is 0.000000274. The molecule has 0 fully saturated rings. The quantitative estimate of drug-likeness (QED) is 0.342. The summed E-state index contributed by atoms with van der Waals surface area (Å²) in [6.07, 6.45) is 1.16. The second-order valence-corrected chi connectivity index (χ2v) is 6.57. The lowest BCUT2D eigenvalue weighted by atomic mass is 10.2. The zero-order valence-electron chi connectivity index (χ0n) is 20.9. The molecule has 194 valence electrons. The largest absolute Gasteiger partial charge is 0.504 e. The minimum Gasteiger partial charge on any atom is -0.504 e. The number of para-hydroxylation sites is 2. The molecule has 0 aliphatic rings. The summed E-state index contributed by atoms with van der Waals surface area (Å²) < 4.78 is 29.9. The molecule has 3 aromatic rings. The van der Waals surface area contributed by atoms with Gasteiger partial charge in [0.1, 0.15) is 0 Å². The molecule has 0 saturated carbocycles. The van der Waals surface area contributed by atoms with Gasteiger partial charge < -0.3 is 38.6 Å². The van der Waals surface area contributed by atoms with E-state index in [9.17, 15) is 14.7 Å². The van der Waals surface area contributed by atoms with E-state index in [1.54, 1.807) is 26.4 Å². The SMILES string of the molecule is COc1ccc(C=O)c(O)c1O.COc1ccc(C=O)c(OC)c1OC.COc1ccccc1OC. The van der Waals surface area contributed by atoms with Crippen LogP contribution in [0.1, 0.15) is 20.7 Å². The van der Waals surface area contributed by atoms with E-state index in [0.29, 0.717) is 35.4 Å². The monoisotopic (exact) mass is 502 g/mol. The van der Waals surface area contributed by atoms with E-state index in [-0.39, 0.29) is 11.3 Å². The highest BCUT2D eigenvalue weighted by Crippen LogP contribution is 2.39. The number of phenolic OH excluding ortho intramolecular Hbond substituents is 2. The Labute approximate surface area is 209 Å². The lowest BCUT2D eigenvalue weighted by Gasteiger charge is -2.12. The number of methoxy groups -OCH3 is 6. The molecule has 0 aliphatic carbocycles. The van der Waals surface area contributed by atoms with Gasteiger partial charge in [-0.1, -0.05) is 12.1 Å². The molecule has 0 heterocycles. The van der Waals surface area contributed by atoms with Gasteiger partial charge in [-0.15, -0.1) is 0 Å². The molecule has 2 N–H and O–H groups in total. The Bertz CT molecular complexity index is 1100. The van der Waals surface area contributed by atoms with Crippen LogP contribution in [0.3, 0.4) is 0 Å². The number of phenols is 2. The Kier molecular flexibility index (Phi) is 12.5. The molecule has 3 aromatic carbocycles. The predicted octanol–water partition coefficient (Wildman–Crippen LogP) is 4.15. The number of carbonyl (C=O) groups is 2. The van der Waals surface area contributed by atoms with Crippen LogP contribution in [0.25, 0.3) is 0 Å².